The molecule has 2 N–H and O–H groups in total. The molecule has 2 aromatic rings. The van der Waals surface area contributed by atoms with E-state index in [-0.39, 0.29) is 17.0 Å². The van der Waals surface area contributed by atoms with E-state index < -0.39 is 49.3 Å². The average molecular weight is 538 g/mol. The number of halogens is 2. The molecule has 0 unspecified atom stereocenters. The smallest absolute Gasteiger partial charge is 0.413 e. The number of alkyl carbamates (subject to hydrolysis) is 1. The number of sulfone groups is 1. The van der Waals surface area contributed by atoms with Gasteiger partial charge in [-0.25, -0.2) is 17.6 Å². The molecule has 1 heterocycles. The van der Waals surface area contributed by atoms with Gasteiger partial charge in [0.1, 0.15) is 27.5 Å². The van der Waals surface area contributed by atoms with E-state index in [9.17, 15) is 18.0 Å². The highest BCUT2D eigenvalue weighted by atomic mass is 35.5. The zero-order valence-corrected chi connectivity index (χ0v) is 22.5. The topological polar surface area (TPSA) is 114 Å². The third kappa shape index (κ3) is 5.87. The van der Waals surface area contributed by atoms with Crippen molar-refractivity contribution in [1.29, 1.82) is 0 Å². The Labute approximate surface area is 215 Å². The molecule has 194 valence electrons. The number of nitrogens with zero attached hydrogens (tertiary/aromatic N) is 1. The molecular formula is C25H29ClFN3O5S. The van der Waals surface area contributed by atoms with Gasteiger partial charge in [-0.15, -0.1) is 0 Å². The van der Waals surface area contributed by atoms with Crippen LogP contribution >= 0.6 is 11.6 Å². The maximum Gasteiger partial charge on any atom is 0.413 e. The average Bonchev–Trinajstić information content (AvgIpc) is 2.72. The highest BCUT2D eigenvalue weighted by molar-refractivity contribution is 7.93. The van der Waals surface area contributed by atoms with Gasteiger partial charge in [0.2, 0.25) is 0 Å². The molecule has 2 aromatic carbocycles. The van der Waals surface area contributed by atoms with Gasteiger partial charge in [0.05, 0.1) is 5.75 Å². The lowest BCUT2D eigenvalue weighted by Gasteiger charge is -2.39. The lowest BCUT2D eigenvalue weighted by molar-refractivity contribution is 0.0560. The lowest BCUT2D eigenvalue weighted by atomic mass is 9.91. The molecule has 36 heavy (non-hydrogen) atoms. The molecule has 1 atom stereocenters. The van der Waals surface area contributed by atoms with Crippen molar-refractivity contribution in [3.8, 4) is 0 Å². The summed E-state index contributed by atoms with van der Waals surface area (Å²) in [4.78, 5) is 29.8. The summed E-state index contributed by atoms with van der Waals surface area (Å²) in [6, 6.07) is 10.1. The van der Waals surface area contributed by atoms with Crippen molar-refractivity contribution >= 4 is 45.0 Å². The number of ether oxygens (including phenoxy) is 1. The molecule has 0 aliphatic carbocycles. The van der Waals surface area contributed by atoms with Crippen LogP contribution in [-0.4, -0.2) is 42.4 Å². The maximum atomic E-state index is 15.1. The minimum Gasteiger partial charge on any atom is -0.444 e. The molecule has 1 aliphatic heterocycles. The Kier molecular flexibility index (Phi) is 7.27. The Morgan fingerprint density at radius 2 is 1.67 bits per heavy atom. The summed E-state index contributed by atoms with van der Waals surface area (Å²) in [7, 11) is -3.94. The van der Waals surface area contributed by atoms with Crippen LogP contribution in [-0.2, 0) is 20.1 Å². The maximum absolute atomic E-state index is 15.1. The van der Waals surface area contributed by atoms with E-state index in [1.54, 1.807) is 45.0 Å². The van der Waals surface area contributed by atoms with Crippen LogP contribution in [0, 0.1) is 5.82 Å². The zero-order valence-electron chi connectivity index (χ0n) is 20.9. The minimum atomic E-state index is -3.94. The minimum absolute atomic E-state index is 0.0988. The van der Waals surface area contributed by atoms with Gasteiger partial charge >= 0.3 is 6.09 Å². The molecule has 0 fully saturated rings. The monoisotopic (exact) mass is 537 g/mol. The highest BCUT2D eigenvalue weighted by Gasteiger charge is 2.51. The third-order valence-electron chi connectivity index (χ3n) is 5.71. The molecular weight excluding hydrogens is 509 g/mol. The molecule has 3 rings (SSSR count). The summed E-state index contributed by atoms with van der Waals surface area (Å²) in [5.41, 5.74) is -1.98. The van der Waals surface area contributed by atoms with Gasteiger partial charge < -0.3 is 10.1 Å². The van der Waals surface area contributed by atoms with Crippen LogP contribution in [0.5, 0.6) is 0 Å². The van der Waals surface area contributed by atoms with Crippen LogP contribution in [0.25, 0.3) is 0 Å². The summed E-state index contributed by atoms with van der Waals surface area (Å²) < 4.78 is 45.3. The first-order valence-electron chi connectivity index (χ1n) is 11.1. The predicted molar refractivity (Wildman–Crippen MR) is 138 cm³/mol. The van der Waals surface area contributed by atoms with E-state index in [4.69, 9.17) is 16.3 Å². The number of anilines is 1. The van der Waals surface area contributed by atoms with E-state index in [2.05, 4.69) is 15.6 Å². The normalized spacial score (nSPS) is 20.7. The summed E-state index contributed by atoms with van der Waals surface area (Å²) in [5, 5.41) is 5.62. The predicted octanol–water partition coefficient (Wildman–Crippen LogP) is 5.08. The number of aliphatic imine (C=N–C) groups is 1. The van der Waals surface area contributed by atoms with Crippen molar-refractivity contribution in [2.75, 3.05) is 11.1 Å². The number of amides is 2. The second-order valence-corrected chi connectivity index (χ2v) is 13.3. The molecule has 1 aliphatic rings. The van der Waals surface area contributed by atoms with Crippen LogP contribution in [0.4, 0.5) is 14.9 Å². The first-order valence-corrected chi connectivity index (χ1v) is 13.2. The van der Waals surface area contributed by atoms with E-state index in [1.807, 2.05) is 0 Å². The fourth-order valence-corrected chi connectivity index (χ4v) is 5.48. The van der Waals surface area contributed by atoms with Gasteiger partial charge in [-0.1, -0.05) is 11.6 Å². The number of rotatable bonds is 3. The number of nitrogens with one attached hydrogen (secondary N) is 2. The molecule has 0 saturated carbocycles. The first-order chi connectivity index (χ1) is 16.4. The molecule has 0 radical (unpaired) electrons. The Bertz CT molecular complexity index is 1330. The number of benzene rings is 2. The van der Waals surface area contributed by atoms with Crippen molar-refractivity contribution in [3.63, 3.8) is 0 Å². The number of amidine groups is 1. The molecule has 0 aromatic heterocycles. The van der Waals surface area contributed by atoms with Crippen molar-refractivity contribution in [3.05, 3.63) is 64.4 Å². The SMILES string of the molecule is CC(C)(C)OC(=O)NC1=N[C@](C)(c2cc(C(=O)Nc3ccc(Cl)cc3)ccc2F)CS(=O)(=O)C1(C)C. The van der Waals surface area contributed by atoms with Gasteiger partial charge in [-0.05, 0) is 84.0 Å². The van der Waals surface area contributed by atoms with Crippen LogP contribution in [0.2, 0.25) is 5.02 Å². The van der Waals surface area contributed by atoms with Crippen LogP contribution in [0.1, 0.15) is 57.5 Å². The summed E-state index contributed by atoms with van der Waals surface area (Å²) in [6.07, 6.45) is -0.884. The second kappa shape index (κ2) is 9.48. The first kappa shape index (κ1) is 27.6. The van der Waals surface area contributed by atoms with Crippen LogP contribution in [0.3, 0.4) is 0 Å². The Balaban J connectivity index is 2.02. The summed E-state index contributed by atoms with van der Waals surface area (Å²) in [5.74, 6) is -1.99. The Morgan fingerprint density at radius 1 is 1.06 bits per heavy atom. The molecule has 11 heteroatoms. The second-order valence-electron chi connectivity index (χ2n) is 10.3. The van der Waals surface area contributed by atoms with Crippen LogP contribution < -0.4 is 10.6 Å². The van der Waals surface area contributed by atoms with Gasteiger partial charge in [-0.3, -0.25) is 15.1 Å². The molecule has 0 bridgehead atoms. The third-order valence-corrected chi connectivity index (χ3v) is 8.65. The zero-order chi connectivity index (χ0) is 27.1. The fourth-order valence-electron chi connectivity index (χ4n) is 3.64. The molecule has 0 saturated heterocycles. The van der Waals surface area contributed by atoms with Gasteiger partial charge in [0.15, 0.2) is 9.84 Å². The summed E-state index contributed by atoms with van der Waals surface area (Å²) >= 11 is 5.87. The summed E-state index contributed by atoms with van der Waals surface area (Å²) in [6.45, 7) is 9.25. The van der Waals surface area contributed by atoms with Gasteiger partial charge in [0, 0.05) is 21.8 Å². The molecule has 0 spiro atoms. The van der Waals surface area contributed by atoms with E-state index in [1.165, 1.54) is 32.9 Å². The lowest BCUT2D eigenvalue weighted by Crippen LogP contribution is -2.58. The number of hydrogen-bond acceptors (Lipinski definition) is 6. The van der Waals surface area contributed by atoms with Crippen molar-refractivity contribution in [1.82, 2.24) is 5.32 Å². The van der Waals surface area contributed by atoms with Gasteiger partial charge in [0.25, 0.3) is 5.91 Å². The van der Waals surface area contributed by atoms with Gasteiger partial charge in [-0.2, -0.15) is 0 Å². The fraction of sp³-hybridized carbons (Fsp3) is 0.400. The van der Waals surface area contributed by atoms with Crippen LogP contribution in [0.15, 0.2) is 47.5 Å². The van der Waals surface area contributed by atoms with E-state index in [0.29, 0.717) is 10.7 Å². The molecule has 2 amide bonds. The number of carbonyl (C=O) groups excluding carboxylic acids is 2. The van der Waals surface area contributed by atoms with E-state index >= 15 is 4.39 Å². The molecule has 8 nitrogen and oxygen atoms in total. The largest absolute Gasteiger partial charge is 0.444 e. The number of hydrogen-bond donors (Lipinski definition) is 2. The quantitative estimate of drug-likeness (QED) is 0.567. The van der Waals surface area contributed by atoms with Crippen molar-refractivity contribution in [2.45, 2.75) is 57.4 Å². The Morgan fingerprint density at radius 3 is 2.25 bits per heavy atom. The van der Waals surface area contributed by atoms with Crippen molar-refractivity contribution < 1.29 is 27.1 Å². The van der Waals surface area contributed by atoms with Crippen molar-refractivity contribution in [2.24, 2.45) is 4.99 Å². The Hall–Kier alpha value is -2.98. The van der Waals surface area contributed by atoms with E-state index in [0.717, 1.165) is 6.07 Å². The highest BCUT2D eigenvalue weighted by Crippen LogP contribution is 2.38. The standard InChI is InChI=1S/C25H29ClFN3O5S/c1-23(2,3)35-22(32)29-21-24(4,5)36(33,34)14-25(6,30-21)18-13-15(7-12-19(18)27)20(31)28-17-10-8-16(26)9-11-17/h7-13H,14H2,1-6H3,(H,28,31)(H,29,30,32)/t25-/m0/s1. The number of carbonyl (C=O) groups is 2.